The number of benzene rings is 4. The Balaban J connectivity index is 1.40. The van der Waals surface area contributed by atoms with E-state index in [0.29, 0.717) is 28.6 Å². The fourth-order valence-corrected chi connectivity index (χ4v) is 4.26. The van der Waals surface area contributed by atoms with Gasteiger partial charge in [-0.2, -0.15) is 5.26 Å². The molecular weight excluding hydrogens is 543 g/mol. The zero-order valence-electron chi connectivity index (χ0n) is 20.0. The van der Waals surface area contributed by atoms with Crippen LogP contribution < -0.4 is 14.8 Å². The van der Waals surface area contributed by atoms with Crippen LogP contribution in [0.5, 0.6) is 11.5 Å². The molecule has 1 N–H and O–H groups in total. The second-order valence-corrected chi connectivity index (χ2v) is 9.34. The summed E-state index contributed by atoms with van der Waals surface area (Å²) >= 11 is 19.0. The highest BCUT2D eigenvalue weighted by Gasteiger charge is 2.14. The number of hydrogen-bond acceptors (Lipinski definition) is 4. The third-order valence-electron chi connectivity index (χ3n) is 5.39. The molecule has 0 heterocycles. The number of halogens is 3. The van der Waals surface area contributed by atoms with Crippen molar-refractivity contribution in [2.24, 2.45) is 0 Å². The second kappa shape index (κ2) is 13.0. The Labute approximate surface area is 235 Å². The molecule has 38 heavy (non-hydrogen) atoms. The minimum absolute atomic E-state index is 0.119. The Kier molecular flexibility index (Phi) is 9.29. The molecule has 0 atom stereocenters. The van der Waals surface area contributed by atoms with Crippen LogP contribution in [0, 0.1) is 11.3 Å². The van der Waals surface area contributed by atoms with Crippen LogP contribution in [0.15, 0.2) is 96.6 Å². The molecule has 0 fully saturated rings. The van der Waals surface area contributed by atoms with E-state index in [9.17, 15) is 10.1 Å². The second-order valence-electron chi connectivity index (χ2n) is 8.12. The molecule has 0 unspecified atom stereocenters. The monoisotopic (exact) mass is 562 g/mol. The maximum absolute atomic E-state index is 12.7. The Morgan fingerprint density at radius 2 is 1.47 bits per heavy atom. The van der Waals surface area contributed by atoms with Crippen LogP contribution in [0.25, 0.3) is 6.08 Å². The predicted molar refractivity (Wildman–Crippen MR) is 152 cm³/mol. The number of rotatable bonds is 9. The lowest BCUT2D eigenvalue weighted by molar-refractivity contribution is -0.112. The quantitative estimate of drug-likeness (QED) is 0.164. The summed E-state index contributed by atoms with van der Waals surface area (Å²) in [6, 6.07) is 29.0. The van der Waals surface area contributed by atoms with Gasteiger partial charge in [0.05, 0.1) is 10.0 Å². The molecule has 0 saturated carbocycles. The highest BCUT2D eigenvalue weighted by molar-refractivity contribution is 6.37. The van der Waals surface area contributed by atoms with Crippen molar-refractivity contribution < 1.29 is 14.3 Å². The van der Waals surface area contributed by atoms with E-state index in [1.54, 1.807) is 42.5 Å². The van der Waals surface area contributed by atoms with Gasteiger partial charge in [0.15, 0.2) is 5.75 Å². The molecule has 190 valence electrons. The molecule has 8 heteroatoms. The molecule has 0 saturated heterocycles. The van der Waals surface area contributed by atoms with Gasteiger partial charge >= 0.3 is 0 Å². The zero-order chi connectivity index (χ0) is 26.9. The molecule has 0 bridgehead atoms. The van der Waals surface area contributed by atoms with E-state index in [1.165, 1.54) is 6.08 Å². The molecule has 4 rings (SSSR count). The fraction of sp³-hybridized carbons (Fsp3) is 0.0667. The number of nitriles is 1. The average Bonchev–Trinajstić information content (AvgIpc) is 2.92. The van der Waals surface area contributed by atoms with E-state index in [1.807, 2.05) is 54.6 Å². The summed E-state index contributed by atoms with van der Waals surface area (Å²) in [5.41, 5.74) is 2.70. The highest BCUT2D eigenvalue weighted by atomic mass is 35.5. The van der Waals surface area contributed by atoms with Crippen molar-refractivity contribution in [1.29, 1.82) is 5.26 Å². The molecule has 5 nitrogen and oxygen atoms in total. The number of anilines is 1. The van der Waals surface area contributed by atoms with Crippen molar-refractivity contribution in [3.05, 3.63) is 128 Å². The van der Waals surface area contributed by atoms with Gasteiger partial charge in [0, 0.05) is 16.3 Å². The minimum atomic E-state index is -0.572. The molecule has 4 aromatic carbocycles. The third-order valence-corrected chi connectivity index (χ3v) is 6.32. The van der Waals surface area contributed by atoms with Crippen LogP contribution in [-0.2, 0) is 18.0 Å². The highest BCUT2D eigenvalue weighted by Crippen LogP contribution is 2.36. The third kappa shape index (κ3) is 7.30. The Morgan fingerprint density at radius 3 is 2.13 bits per heavy atom. The topological polar surface area (TPSA) is 71.3 Å². The average molecular weight is 564 g/mol. The number of carbonyl (C=O) groups is 1. The van der Waals surface area contributed by atoms with Gasteiger partial charge in [0.25, 0.3) is 5.91 Å². The number of nitrogens with one attached hydrogen (secondary N) is 1. The summed E-state index contributed by atoms with van der Waals surface area (Å²) in [7, 11) is 0. The summed E-state index contributed by atoms with van der Waals surface area (Å²) < 4.78 is 11.5. The number of amides is 1. The first-order chi connectivity index (χ1) is 18.4. The first-order valence-corrected chi connectivity index (χ1v) is 12.6. The first kappa shape index (κ1) is 27.1. The van der Waals surface area contributed by atoms with Crippen molar-refractivity contribution in [3.63, 3.8) is 0 Å². The molecule has 0 aliphatic heterocycles. The van der Waals surface area contributed by atoms with E-state index in [0.717, 1.165) is 11.1 Å². The number of hydrogen-bond donors (Lipinski definition) is 1. The smallest absolute Gasteiger partial charge is 0.266 e. The van der Waals surface area contributed by atoms with Gasteiger partial charge in [-0.25, -0.2) is 0 Å². The van der Waals surface area contributed by atoms with Gasteiger partial charge < -0.3 is 14.8 Å². The van der Waals surface area contributed by atoms with Crippen molar-refractivity contribution in [1.82, 2.24) is 0 Å². The molecular formula is C30H21Cl3N2O3. The van der Waals surface area contributed by atoms with E-state index >= 15 is 0 Å². The summed E-state index contributed by atoms with van der Waals surface area (Å²) in [6.07, 6.45) is 1.41. The van der Waals surface area contributed by atoms with Crippen LogP contribution >= 0.6 is 34.8 Å². The van der Waals surface area contributed by atoms with Crippen molar-refractivity contribution in [2.75, 3.05) is 5.32 Å². The Bertz CT molecular complexity index is 1470. The molecule has 0 aliphatic rings. The van der Waals surface area contributed by atoms with Crippen molar-refractivity contribution >= 4 is 52.5 Å². The van der Waals surface area contributed by atoms with E-state index in [4.69, 9.17) is 44.3 Å². The summed E-state index contributed by atoms with van der Waals surface area (Å²) in [4.78, 5) is 12.7. The summed E-state index contributed by atoms with van der Waals surface area (Å²) in [5.74, 6) is 0.365. The number of ether oxygens (including phenoxy) is 2. The molecule has 0 aromatic heterocycles. The van der Waals surface area contributed by atoms with Crippen molar-refractivity contribution in [2.45, 2.75) is 13.2 Å². The van der Waals surface area contributed by atoms with Gasteiger partial charge in [-0.15, -0.1) is 0 Å². The number of carbonyl (C=O) groups excluding carboxylic acids is 1. The van der Waals surface area contributed by atoms with E-state index in [2.05, 4.69) is 5.32 Å². The van der Waals surface area contributed by atoms with Gasteiger partial charge in [-0.1, -0.05) is 83.3 Å². The maximum Gasteiger partial charge on any atom is 0.266 e. The van der Waals surface area contributed by atoms with E-state index in [-0.39, 0.29) is 28.0 Å². The lowest BCUT2D eigenvalue weighted by Crippen LogP contribution is -2.13. The van der Waals surface area contributed by atoms with Gasteiger partial charge in [0.1, 0.15) is 30.6 Å². The maximum atomic E-state index is 12.7. The predicted octanol–water partition coefficient (Wildman–Crippen LogP) is 8.35. The van der Waals surface area contributed by atoms with Crippen LogP contribution in [0.1, 0.15) is 16.7 Å². The Morgan fingerprint density at radius 1 is 0.816 bits per heavy atom. The van der Waals surface area contributed by atoms with E-state index < -0.39 is 5.91 Å². The fourth-order valence-electron chi connectivity index (χ4n) is 3.46. The lowest BCUT2D eigenvalue weighted by Gasteiger charge is -2.12. The largest absolute Gasteiger partial charge is 0.489 e. The molecule has 4 aromatic rings. The van der Waals surface area contributed by atoms with Crippen LogP contribution in [0.2, 0.25) is 15.1 Å². The molecule has 0 radical (unpaired) electrons. The number of nitrogens with zero attached hydrogens (tertiary/aromatic N) is 1. The van der Waals surface area contributed by atoms with Crippen LogP contribution in [0.3, 0.4) is 0 Å². The molecule has 0 aliphatic carbocycles. The van der Waals surface area contributed by atoms with Gasteiger partial charge in [-0.3, -0.25) is 4.79 Å². The van der Waals surface area contributed by atoms with Crippen LogP contribution in [0.4, 0.5) is 5.69 Å². The van der Waals surface area contributed by atoms with Crippen molar-refractivity contribution in [3.8, 4) is 17.6 Å². The Hall–Kier alpha value is -3.95. The van der Waals surface area contributed by atoms with Crippen LogP contribution in [-0.4, -0.2) is 5.91 Å². The first-order valence-electron chi connectivity index (χ1n) is 11.5. The zero-order valence-corrected chi connectivity index (χ0v) is 22.2. The normalized spacial score (nSPS) is 10.9. The standard InChI is InChI=1S/C30H21Cl3N2O3/c31-26-9-5-4-8-22(26)19-38-29-27(32)15-21(16-28(29)33)14-23(17-34)30(36)35-24-10-12-25(13-11-24)37-18-20-6-2-1-3-7-20/h1-16H,18-19H2,(H,35,36)/b23-14+. The minimum Gasteiger partial charge on any atom is -0.489 e. The molecule has 0 spiro atoms. The SMILES string of the molecule is N#C/C(=C\c1cc(Cl)c(OCc2ccccc2Cl)c(Cl)c1)C(=O)Nc1ccc(OCc2ccccc2)cc1. The van der Waals surface area contributed by atoms with Gasteiger partial charge in [0.2, 0.25) is 0 Å². The summed E-state index contributed by atoms with van der Waals surface area (Å²) in [6.45, 7) is 0.610. The molecule has 1 amide bonds. The lowest BCUT2D eigenvalue weighted by atomic mass is 10.1. The van der Waals surface area contributed by atoms with Gasteiger partial charge in [-0.05, 0) is 59.7 Å². The summed E-state index contributed by atoms with van der Waals surface area (Å²) in [5, 5.41) is 13.3.